The number of pyridine rings is 1. The average Bonchev–Trinajstić information content (AvgIpc) is 3.17. The Morgan fingerprint density at radius 2 is 1.85 bits per heavy atom. The summed E-state index contributed by atoms with van der Waals surface area (Å²) >= 11 is 12.1. The number of rotatable bonds is 7. The molecule has 0 atom stereocenters. The predicted molar refractivity (Wildman–Crippen MR) is 124 cm³/mol. The molecular weight excluding hydrogens is 494 g/mol. The Hall–Kier alpha value is -2.72. The van der Waals surface area contributed by atoms with Crippen LogP contribution in [0, 0.1) is 11.7 Å². The Morgan fingerprint density at radius 1 is 1.18 bits per heavy atom. The molecule has 1 fully saturated rings. The van der Waals surface area contributed by atoms with Gasteiger partial charge in [0.2, 0.25) is 11.8 Å². The Bertz CT molecular complexity index is 1180. The van der Waals surface area contributed by atoms with Crippen LogP contribution in [0.25, 0.3) is 11.2 Å². The van der Waals surface area contributed by atoms with Gasteiger partial charge in [-0.3, -0.25) is 4.79 Å². The number of nitrogens with one attached hydrogen (secondary N) is 3. The Kier molecular flexibility index (Phi) is 7.37. The van der Waals surface area contributed by atoms with Gasteiger partial charge in [0.05, 0.1) is 15.7 Å². The van der Waals surface area contributed by atoms with Crippen molar-refractivity contribution < 1.29 is 22.7 Å². The maximum atomic E-state index is 13.5. The molecule has 1 aromatic carbocycles. The zero-order valence-corrected chi connectivity index (χ0v) is 19.6. The normalized spacial score (nSPS) is 18.3. The van der Waals surface area contributed by atoms with Crippen molar-refractivity contribution in [3.8, 4) is 5.88 Å². The zero-order chi connectivity index (χ0) is 24.4. The van der Waals surface area contributed by atoms with Crippen LogP contribution in [0.3, 0.4) is 0 Å². The largest absolute Gasteiger partial charge is 0.471 e. The van der Waals surface area contributed by atoms with Crippen molar-refractivity contribution in [3.05, 3.63) is 39.6 Å². The fourth-order valence-electron chi connectivity index (χ4n) is 3.85. The number of amides is 1. The first-order valence-electron chi connectivity index (χ1n) is 10.7. The monoisotopic (exact) mass is 515 g/mol. The number of halogens is 5. The molecule has 3 aromatic rings. The number of anilines is 2. The number of fused-ring (bicyclic) bond motifs is 1. The van der Waals surface area contributed by atoms with E-state index >= 15 is 0 Å². The number of aromatic amines is 1. The minimum Gasteiger partial charge on any atom is -0.471 e. The van der Waals surface area contributed by atoms with Crippen molar-refractivity contribution in [3.63, 3.8) is 0 Å². The molecule has 7 nitrogen and oxygen atoms in total. The van der Waals surface area contributed by atoms with E-state index in [1.807, 2.05) is 0 Å². The van der Waals surface area contributed by atoms with Crippen LogP contribution in [0.4, 0.5) is 24.8 Å². The maximum absolute atomic E-state index is 13.5. The van der Waals surface area contributed by atoms with Crippen LogP contribution in [-0.2, 0) is 0 Å². The Labute approximate surface area is 203 Å². The first-order chi connectivity index (χ1) is 16.2. The molecular formula is C22H22Cl2F3N5O2. The smallest absolute Gasteiger partial charge is 0.272 e. The molecule has 3 N–H and O–H groups in total. The summed E-state index contributed by atoms with van der Waals surface area (Å²) in [6, 6.07) is 3.57. The van der Waals surface area contributed by atoms with Gasteiger partial charge >= 0.3 is 0 Å². The fraction of sp³-hybridized carbons (Fsp3) is 0.409. The number of aromatic nitrogens is 3. The number of hydrogen-bond acceptors (Lipinski definition) is 5. The summed E-state index contributed by atoms with van der Waals surface area (Å²) in [6.07, 6.45) is 0.937. The molecule has 0 aliphatic heterocycles. The first kappa shape index (κ1) is 24.4. The number of ether oxygens (including phenoxy) is 1. The van der Waals surface area contributed by atoms with Crippen LogP contribution < -0.4 is 15.4 Å². The lowest BCUT2D eigenvalue weighted by atomic mass is 9.87. The van der Waals surface area contributed by atoms with Crippen molar-refractivity contribution >= 4 is 51.9 Å². The SMILES string of the molecule is C[C@H]1CC[C@H](NC(=O)c2cc3nc(Nc4c(Cl)cc(F)cc4Cl)[nH]c3nc2OCC(F)F)CC1. The summed E-state index contributed by atoms with van der Waals surface area (Å²) in [7, 11) is 0. The number of alkyl halides is 2. The van der Waals surface area contributed by atoms with Gasteiger partial charge in [0.15, 0.2) is 12.3 Å². The Morgan fingerprint density at radius 3 is 2.50 bits per heavy atom. The molecule has 4 rings (SSSR count). The molecule has 12 heteroatoms. The van der Waals surface area contributed by atoms with Crippen LogP contribution >= 0.6 is 23.2 Å². The second-order valence-corrected chi connectivity index (χ2v) is 9.11. The van der Waals surface area contributed by atoms with Gasteiger partial charge < -0.3 is 20.4 Å². The number of hydrogen-bond donors (Lipinski definition) is 3. The van der Waals surface area contributed by atoms with Crippen molar-refractivity contribution in [2.75, 3.05) is 11.9 Å². The van der Waals surface area contributed by atoms with E-state index in [2.05, 4.69) is 32.5 Å². The van der Waals surface area contributed by atoms with Crippen LogP contribution in [0.5, 0.6) is 5.88 Å². The molecule has 1 saturated carbocycles. The van der Waals surface area contributed by atoms with E-state index in [9.17, 15) is 18.0 Å². The average molecular weight is 516 g/mol. The molecule has 1 aliphatic carbocycles. The molecule has 1 amide bonds. The second kappa shape index (κ2) is 10.3. The number of H-pyrrole nitrogens is 1. The highest BCUT2D eigenvalue weighted by atomic mass is 35.5. The third-order valence-corrected chi connectivity index (χ3v) is 6.22. The lowest BCUT2D eigenvalue weighted by molar-refractivity contribution is 0.0770. The number of carbonyl (C=O) groups is 1. The van der Waals surface area contributed by atoms with E-state index in [1.54, 1.807) is 0 Å². The van der Waals surface area contributed by atoms with Gasteiger partial charge in [0.25, 0.3) is 12.3 Å². The second-order valence-electron chi connectivity index (χ2n) is 8.30. The molecule has 1 aliphatic rings. The summed E-state index contributed by atoms with van der Waals surface area (Å²) in [4.78, 5) is 24.3. The van der Waals surface area contributed by atoms with Crippen molar-refractivity contribution in [1.82, 2.24) is 20.3 Å². The van der Waals surface area contributed by atoms with E-state index in [-0.39, 0.29) is 50.3 Å². The van der Waals surface area contributed by atoms with Crippen LogP contribution in [-0.4, -0.2) is 39.9 Å². The van der Waals surface area contributed by atoms with E-state index in [0.29, 0.717) is 5.92 Å². The van der Waals surface area contributed by atoms with Crippen molar-refractivity contribution in [2.24, 2.45) is 5.92 Å². The van der Waals surface area contributed by atoms with Gasteiger partial charge in [-0.2, -0.15) is 4.98 Å². The molecule has 34 heavy (non-hydrogen) atoms. The zero-order valence-electron chi connectivity index (χ0n) is 18.1. The fourth-order valence-corrected chi connectivity index (χ4v) is 4.40. The number of benzene rings is 1. The number of nitrogens with zero attached hydrogens (tertiary/aromatic N) is 2. The van der Waals surface area contributed by atoms with Gasteiger partial charge in [-0.25, -0.2) is 18.2 Å². The molecule has 0 unspecified atom stereocenters. The van der Waals surface area contributed by atoms with Crippen molar-refractivity contribution in [1.29, 1.82) is 0 Å². The lowest BCUT2D eigenvalue weighted by Gasteiger charge is -2.27. The van der Waals surface area contributed by atoms with Gasteiger partial charge in [-0.15, -0.1) is 0 Å². The van der Waals surface area contributed by atoms with E-state index in [0.717, 1.165) is 37.8 Å². The van der Waals surface area contributed by atoms with E-state index < -0.39 is 24.8 Å². The van der Waals surface area contributed by atoms with Gasteiger partial charge in [-0.1, -0.05) is 30.1 Å². The van der Waals surface area contributed by atoms with Gasteiger partial charge in [0, 0.05) is 6.04 Å². The Balaban J connectivity index is 1.63. The lowest BCUT2D eigenvalue weighted by Crippen LogP contribution is -2.37. The van der Waals surface area contributed by atoms with Gasteiger partial charge in [-0.05, 0) is 49.8 Å². The highest BCUT2D eigenvalue weighted by molar-refractivity contribution is 6.39. The molecule has 182 valence electrons. The summed E-state index contributed by atoms with van der Waals surface area (Å²) in [5.41, 5.74) is 0.679. The molecule has 0 bridgehead atoms. The topological polar surface area (TPSA) is 91.9 Å². The molecule has 0 saturated heterocycles. The van der Waals surface area contributed by atoms with Gasteiger partial charge in [0.1, 0.15) is 16.9 Å². The molecule has 0 spiro atoms. The standard InChI is InChI=1S/C22H22Cl2F3N5O2/c1-10-2-4-12(5-3-10)28-20(33)13-8-16-19(31-21(13)34-9-17(26)27)32-22(29-16)30-18-14(23)6-11(25)7-15(18)24/h6-8,10,12,17H,2-5,9H2,1H3,(H,28,33)(H2,29,30,31,32)/t10-,12-. The summed E-state index contributed by atoms with van der Waals surface area (Å²) in [6.45, 7) is 1.25. The number of carbonyl (C=O) groups excluding carboxylic acids is 1. The first-order valence-corrected chi connectivity index (χ1v) is 11.5. The highest BCUT2D eigenvalue weighted by Crippen LogP contribution is 2.34. The maximum Gasteiger partial charge on any atom is 0.272 e. The number of imidazole rings is 1. The van der Waals surface area contributed by atoms with Crippen LogP contribution in [0.1, 0.15) is 43.0 Å². The van der Waals surface area contributed by atoms with Crippen molar-refractivity contribution in [2.45, 2.75) is 45.1 Å². The third kappa shape index (κ3) is 5.67. The minimum atomic E-state index is -2.74. The predicted octanol–water partition coefficient (Wildman–Crippen LogP) is 6.10. The molecule has 2 aromatic heterocycles. The van der Waals surface area contributed by atoms with Crippen LogP contribution in [0.15, 0.2) is 18.2 Å². The quantitative estimate of drug-likeness (QED) is 0.353. The summed E-state index contributed by atoms with van der Waals surface area (Å²) < 4.78 is 44.2. The minimum absolute atomic E-state index is 0.00247. The van der Waals surface area contributed by atoms with E-state index in [1.165, 1.54) is 6.07 Å². The highest BCUT2D eigenvalue weighted by Gasteiger charge is 2.24. The summed E-state index contributed by atoms with van der Waals surface area (Å²) in [5, 5.41) is 5.85. The molecule has 2 heterocycles. The third-order valence-electron chi connectivity index (χ3n) is 5.63. The van der Waals surface area contributed by atoms with Crippen LogP contribution in [0.2, 0.25) is 10.0 Å². The van der Waals surface area contributed by atoms with E-state index in [4.69, 9.17) is 27.9 Å². The summed E-state index contributed by atoms with van der Waals surface area (Å²) in [5.74, 6) is -0.552. The molecule has 0 radical (unpaired) electrons.